The molecule has 3 aliphatic rings. The first-order chi connectivity index (χ1) is 17.7. The van der Waals surface area contributed by atoms with E-state index in [1.165, 1.54) is 47.6 Å². The summed E-state index contributed by atoms with van der Waals surface area (Å²) in [6.07, 6.45) is 11.8. The molecule has 2 fully saturated rings. The van der Waals surface area contributed by atoms with Gasteiger partial charge in [0.25, 0.3) is 0 Å². The predicted octanol–water partition coefficient (Wildman–Crippen LogP) is 4.82. The van der Waals surface area contributed by atoms with Crippen molar-refractivity contribution in [3.63, 3.8) is 0 Å². The molecule has 1 aliphatic carbocycles. The van der Waals surface area contributed by atoms with E-state index in [9.17, 15) is 4.79 Å². The zero-order valence-electron chi connectivity index (χ0n) is 21.6. The number of nitrogens with one attached hydrogen (secondary N) is 1. The van der Waals surface area contributed by atoms with Gasteiger partial charge in [-0.3, -0.25) is 19.7 Å². The first-order valence-corrected chi connectivity index (χ1v) is 13.9. The molecule has 1 saturated heterocycles. The van der Waals surface area contributed by atoms with Crippen molar-refractivity contribution >= 4 is 11.7 Å². The lowest BCUT2D eigenvalue weighted by Crippen LogP contribution is -2.35. The SMILES string of the molecule is CCOC(=O)CN1CCC(OCCCCc2ccc3c(n2)CCCN3)C1c1cccnc1C1CCC1. The van der Waals surface area contributed by atoms with Crippen molar-refractivity contribution in [1.82, 2.24) is 14.9 Å². The number of likely N-dealkylation sites (tertiary alicyclic amines) is 1. The fourth-order valence-electron chi connectivity index (χ4n) is 5.81. The highest BCUT2D eigenvalue weighted by Crippen LogP contribution is 2.42. The van der Waals surface area contributed by atoms with Gasteiger partial charge in [-0.25, -0.2) is 0 Å². The Morgan fingerprint density at radius 3 is 2.92 bits per heavy atom. The lowest BCUT2D eigenvalue weighted by atomic mass is 9.79. The van der Waals surface area contributed by atoms with Crippen LogP contribution in [0.3, 0.4) is 0 Å². The molecule has 0 radical (unpaired) electrons. The highest BCUT2D eigenvalue weighted by atomic mass is 16.5. The average molecular weight is 493 g/mol. The highest BCUT2D eigenvalue weighted by molar-refractivity contribution is 5.71. The Bertz CT molecular complexity index is 1030. The van der Waals surface area contributed by atoms with E-state index in [1.54, 1.807) is 0 Å². The largest absolute Gasteiger partial charge is 0.465 e. The lowest BCUT2D eigenvalue weighted by Gasteiger charge is -2.33. The van der Waals surface area contributed by atoms with Crippen LogP contribution in [0, 0.1) is 0 Å². The predicted molar refractivity (Wildman–Crippen MR) is 140 cm³/mol. The molecule has 4 heterocycles. The van der Waals surface area contributed by atoms with Crippen LogP contribution in [0.2, 0.25) is 0 Å². The summed E-state index contributed by atoms with van der Waals surface area (Å²) in [7, 11) is 0. The summed E-state index contributed by atoms with van der Waals surface area (Å²) in [6.45, 7) is 5.17. The van der Waals surface area contributed by atoms with Gasteiger partial charge in [-0.15, -0.1) is 0 Å². The van der Waals surface area contributed by atoms with Crippen LogP contribution in [-0.4, -0.2) is 59.8 Å². The molecule has 7 heteroatoms. The second-order valence-corrected chi connectivity index (χ2v) is 10.3. The zero-order chi connectivity index (χ0) is 24.7. The van der Waals surface area contributed by atoms with Gasteiger partial charge < -0.3 is 14.8 Å². The number of esters is 1. The number of aromatic nitrogens is 2. The molecule has 5 rings (SSSR count). The minimum Gasteiger partial charge on any atom is -0.465 e. The number of aryl methyl sites for hydroxylation is 2. The quantitative estimate of drug-likeness (QED) is 0.356. The van der Waals surface area contributed by atoms with Crippen molar-refractivity contribution in [3.05, 3.63) is 53.1 Å². The van der Waals surface area contributed by atoms with E-state index in [4.69, 9.17) is 19.4 Å². The Morgan fingerprint density at radius 1 is 1.17 bits per heavy atom. The average Bonchev–Trinajstić information content (AvgIpc) is 3.25. The van der Waals surface area contributed by atoms with Crippen molar-refractivity contribution in [2.24, 2.45) is 0 Å². The van der Waals surface area contributed by atoms with Gasteiger partial charge in [0, 0.05) is 43.2 Å². The molecule has 0 aromatic carbocycles. The Morgan fingerprint density at radius 2 is 2.08 bits per heavy atom. The smallest absolute Gasteiger partial charge is 0.320 e. The van der Waals surface area contributed by atoms with Crippen LogP contribution in [0.4, 0.5) is 5.69 Å². The number of unbranched alkanes of at least 4 members (excludes halogenated alkanes) is 1. The van der Waals surface area contributed by atoms with Crippen molar-refractivity contribution in [3.8, 4) is 0 Å². The molecular formula is C29H40N4O3. The molecule has 2 unspecified atom stereocenters. The van der Waals surface area contributed by atoms with Gasteiger partial charge in [-0.1, -0.05) is 12.5 Å². The van der Waals surface area contributed by atoms with Crippen molar-refractivity contribution in [2.45, 2.75) is 82.8 Å². The van der Waals surface area contributed by atoms with Crippen molar-refractivity contribution in [1.29, 1.82) is 0 Å². The molecule has 2 aromatic rings. The molecule has 0 spiro atoms. The summed E-state index contributed by atoms with van der Waals surface area (Å²) < 4.78 is 11.8. The molecule has 1 N–H and O–H groups in total. The first kappa shape index (κ1) is 25.2. The molecule has 2 aliphatic heterocycles. The van der Waals surface area contributed by atoms with Crippen LogP contribution in [0.1, 0.15) is 86.5 Å². The molecule has 194 valence electrons. The number of fused-ring (bicyclic) bond motifs is 1. The van der Waals surface area contributed by atoms with Gasteiger partial charge in [0.1, 0.15) is 0 Å². The number of hydrogen-bond acceptors (Lipinski definition) is 7. The number of nitrogens with zero attached hydrogens (tertiary/aromatic N) is 3. The van der Waals surface area contributed by atoms with E-state index in [-0.39, 0.29) is 18.1 Å². The van der Waals surface area contributed by atoms with Crippen LogP contribution in [0.15, 0.2) is 30.5 Å². The topological polar surface area (TPSA) is 76.6 Å². The molecule has 1 saturated carbocycles. The number of rotatable bonds is 11. The number of ether oxygens (including phenoxy) is 2. The fraction of sp³-hybridized carbons (Fsp3) is 0.621. The van der Waals surface area contributed by atoms with E-state index in [2.05, 4.69) is 28.4 Å². The summed E-state index contributed by atoms with van der Waals surface area (Å²) in [6, 6.07) is 8.61. The molecule has 2 aromatic heterocycles. The Balaban J connectivity index is 1.19. The summed E-state index contributed by atoms with van der Waals surface area (Å²) in [4.78, 5) is 24.3. The van der Waals surface area contributed by atoms with E-state index in [0.717, 1.165) is 58.2 Å². The van der Waals surface area contributed by atoms with E-state index in [0.29, 0.717) is 19.1 Å². The van der Waals surface area contributed by atoms with Gasteiger partial charge in [0.15, 0.2) is 0 Å². The van der Waals surface area contributed by atoms with Gasteiger partial charge in [0.2, 0.25) is 0 Å². The number of carbonyl (C=O) groups is 1. The van der Waals surface area contributed by atoms with E-state index in [1.807, 2.05) is 19.2 Å². The number of pyridine rings is 2. The van der Waals surface area contributed by atoms with Gasteiger partial charge >= 0.3 is 5.97 Å². The standard InChI is InChI=1S/C29H40N4O3/c1-2-35-27(34)20-33-18-15-26(29(33)23-11-6-17-31-28(23)21-8-5-9-21)36-19-4-3-10-22-13-14-24-25(32-22)12-7-16-30-24/h6,11,13-14,17,21,26,29-30H,2-5,7-10,12,15-16,18-20H2,1H3. The molecule has 7 nitrogen and oxygen atoms in total. The van der Waals surface area contributed by atoms with Gasteiger partial charge in [-0.2, -0.15) is 0 Å². The fourth-order valence-corrected chi connectivity index (χ4v) is 5.81. The number of hydrogen-bond donors (Lipinski definition) is 1. The third-order valence-electron chi connectivity index (χ3n) is 7.86. The molecule has 36 heavy (non-hydrogen) atoms. The minimum absolute atomic E-state index is 0.0496. The normalized spacial score (nSPS) is 22.0. The summed E-state index contributed by atoms with van der Waals surface area (Å²) >= 11 is 0. The first-order valence-electron chi connectivity index (χ1n) is 13.9. The van der Waals surface area contributed by atoms with Gasteiger partial charge in [0.05, 0.1) is 36.7 Å². The van der Waals surface area contributed by atoms with Crippen LogP contribution in [0.25, 0.3) is 0 Å². The Hall–Kier alpha value is -2.51. The maximum absolute atomic E-state index is 12.4. The molecular weight excluding hydrogens is 452 g/mol. The molecule has 2 atom stereocenters. The van der Waals surface area contributed by atoms with E-state index < -0.39 is 0 Å². The van der Waals surface area contributed by atoms with Crippen LogP contribution in [0.5, 0.6) is 0 Å². The lowest BCUT2D eigenvalue weighted by molar-refractivity contribution is -0.145. The van der Waals surface area contributed by atoms with Crippen LogP contribution in [-0.2, 0) is 27.1 Å². The summed E-state index contributed by atoms with van der Waals surface area (Å²) in [5.74, 6) is 0.371. The number of carbonyl (C=O) groups excluding carboxylic acids is 1. The van der Waals surface area contributed by atoms with E-state index >= 15 is 0 Å². The third-order valence-corrected chi connectivity index (χ3v) is 7.86. The second-order valence-electron chi connectivity index (χ2n) is 10.3. The van der Waals surface area contributed by atoms with Crippen LogP contribution >= 0.6 is 0 Å². The van der Waals surface area contributed by atoms with Gasteiger partial charge in [-0.05, 0) is 82.1 Å². The van der Waals surface area contributed by atoms with Crippen molar-refractivity contribution < 1.29 is 14.3 Å². The molecule has 0 amide bonds. The summed E-state index contributed by atoms with van der Waals surface area (Å²) in [5.41, 5.74) is 6.03. The summed E-state index contributed by atoms with van der Waals surface area (Å²) in [5, 5.41) is 3.44. The second kappa shape index (κ2) is 12.2. The maximum Gasteiger partial charge on any atom is 0.320 e. The van der Waals surface area contributed by atoms with Crippen molar-refractivity contribution in [2.75, 3.05) is 38.2 Å². The monoisotopic (exact) mass is 492 g/mol. The van der Waals surface area contributed by atoms with Crippen LogP contribution < -0.4 is 5.32 Å². The highest BCUT2D eigenvalue weighted by Gasteiger charge is 2.40. The minimum atomic E-state index is -0.162. The Kier molecular flexibility index (Phi) is 8.49. The zero-order valence-corrected chi connectivity index (χ0v) is 21.6. The Labute approximate surface area is 215 Å². The maximum atomic E-state index is 12.4. The molecule has 0 bridgehead atoms. The number of anilines is 1. The third kappa shape index (κ3) is 5.89.